The summed E-state index contributed by atoms with van der Waals surface area (Å²) in [6, 6.07) is 23.7. The first-order valence-corrected chi connectivity index (χ1v) is 12.5. The SMILES string of the molecule is CCCCc1ccc(-c2ccc(C(=O)C[C@H]3CC[C@H](c4ccc([N+](=O)[O-])cc4)CC3)cc2)cc1. The van der Waals surface area contributed by atoms with Gasteiger partial charge in [0.2, 0.25) is 0 Å². The number of non-ortho nitro benzene ring substituents is 1. The van der Waals surface area contributed by atoms with Gasteiger partial charge in [0, 0.05) is 24.1 Å². The molecule has 34 heavy (non-hydrogen) atoms. The quantitative estimate of drug-likeness (QED) is 0.186. The Balaban J connectivity index is 1.29. The third-order valence-corrected chi connectivity index (χ3v) is 7.21. The molecule has 0 amide bonds. The van der Waals surface area contributed by atoms with E-state index in [9.17, 15) is 14.9 Å². The van der Waals surface area contributed by atoms with E-state index in [-0.39, 0.29) is 16.4 Å². The number of aryl methyl sites for hydroxylation is 1. The summed E-state index contributed by atoms with van der Waals surface area (Å²) in [5, 5.41) is 10.9. The van der Waals surface area contributed by atoms with Crippen molar-refractivity contribution in [2.24, 2.45) is 5.92 Å². The van der Waals surface area contributed by atoms with Crippen LogP contribution in [0.15, 0.2) is 72.8 Å². The molecule has 1 aliphatic carbocycles. The van der Waals surface area contributed by atoms with Crippen LogP contribution >= 0.6 is 0 Å². The van der Waals surface area contributed by atoms with Gasteiger partial charge in [-0.3, -0.25) is 14.9 Å². The fourth-order valence-corrected chi connectivity index (χ4v) is 5.04. The molecule has 0 unspecified atom stereocenters. The fourth-order valence-electron chi connectivity index (χ4n) is 5.04. The maximum absolute atomic E-state index is 12.9. The Hall–Kier alpha value is -3.27. The number of carbonyl (C=O) groups is 1. The number of unbranched alkanes of at least 4 members (excludes halogenated alkanes) is 1. The average Bonchev–Trinajstić information content (AvgIpc) is 2.88. The lowest BCUT2D eigenvalue weighted by molar-refractivity contribution is -0.384. The van der Waals surface area contributed by atoms with Crippen LogP contribution in [0.25, 0.3) is 11.1 Å². The van der Waals surface area contributed by atoms with Gasteiger partial charge in [0.15, 0.2) is 5.78 Å². The zero-order chi connectivity index (χ0) is 23.9. The summed E-state index contributed by atoms with van der Waals surface area (Å²) in [4.78, 5) is 23.4. The van der Waals surface area contributed by atoms with Crippen molar-refractivity contribution in [1.82, 2.24) is 0 Å². The average molecular weight is 456 g/mol. The summed E-state index contributed by atoms with van der Waals surface area (Å²) < 4.78 is 0. The molecule has 0 saturated heterocycles. The Morgan fingerprint density at radius 3 is 2.00 bits per heavy atom. The Labute approximate surface area is 202 Å². The monoisotopic (exact) mass is 455 g/mol. The van der Waals surface area contributed by atoms with Gasteiger partial charge in [-0.2, -0.15) is 0 Å². The second-order valence-corrected chi connectivity index (χ2v) is 9.57. The molecule has 0 atom stereocenters. The van der Waals surface area contributed by atoms with Gasteiger partial charge >= 0.3 is 0 Å². The molecule has 4 heteroatoms. The van der Waals surface area contributed by atoms with Crippen molar-refractivity contribution < 1.29 is 9.72 Å². The number of Topliss-reactive ketones (excluding diaryl/α,β-unsaturated/α-hetero) is 1. The van der Waals surface area contributed by atoms with Crippen LogP contribution in [0.4, 0.5) is 5.69 Å². The standard InChI is InChI=1S/C30H33NO3/c1-2-3-4-22-5-9-24(10-6-22)26-13-15-28(16-14-26)30(32)21-23-7-11-25(12-8-23)27-17-19-29(20-18-27)31(33)34/h5-6,9-10,13-20,23,25H,2-4,7-8,11-12,21H2,1H3/t23-,25-. The molecular weight excluding hydrogens is 422 g/mol. The van der Waals surface area contributed by atoms with Crippen LogP contribution in [-0.2, 0) is 6.42 Å². The van der Waals surface area contributed by atoms with Gasteiger partial charge in [-0.15, -0.1) is 0 Å². The second kappa shape index (κ2) is 11.2. The van der Waals surface area contributed by atoms with E-state index in [0.717, 1.165) is 43.2 Å². The van der Waals surface area contributed by atoms with Crippen LogP contribution in [0, 0.1) is 16.0 Å². The molecular formula is C30H33NO3. The number of ketones is 1. The van der Waals surface area contributed by atoms with Crippen LogP contribution < -0.4 is 0 Å². The van der Waals surface area contributed by atoms with Gasteiger partial charge in [0.05, 0.1) is 4.92 Å². The molecule has 4 nitrogen and oxygen atoms in total. The summed E-state index contributed by atoms with van der Waals surface area (Å²) in [5.74, 6) is 1.07. The van der Waals surface area contributed by atoms with Crippen molar-refractivity contribution in [2.45, 2.75) is 64.2 Å². The number of nitro groups is 1. The minimum absolute atomic E-state index is 0.137. The highest BCUT2D eigenvalue weighted by Gasteiger charge is 2.25. The van der Waals surface area contributed by atoms with E-state index < -0.39 is 0 Å². The Morgan fingerprint density at radius 1 is 0.853 bits per heavy atom. The molecule has 176 valence electrons. The molecule has 1 fully saturated rings. The first-order valence-electron chi connectivity index (χ1n) is 12.5. The molecule has 4 rings (SSSR count). The molecule has 3 aromatic rings. The van der Waals surface area contributed by atoms with Crippen molar-refractivity contribution in [3.8, 4) is 11.1 Å². The zero-order valence-electron chi connectivity index (χ0n) is 19.9. The fraction of sp³-hybridized carbons (Fsp3) is 0.367. The van der Waals surface area contributed by atoms with E-state index in [1.165, 1.54) is 29.5 Å². The van der Waals surface area contributed by atoms with E-state index >= 15 is 0 Å². The van der Waals surface area contributed by atoms with Gasteiger partial charge < -0.3 is 0 Å². The van der Waals surface area contributed by atoms with Crippen molar-refractivity contribution in [2.75, 3.05) is 0 Å². The highest BCUT2D eigenvalue weighted by Crippen LogP contribution is 2.38. The lowest BCUT2D eigenvalue weighted by Gasteiger charge is -2.28. The molecule has 1 saturated carbocycles. The van der Waals surface area contributed by atoms with Crippen molar-refractivity contribution >= 4 is 11.5 Å². The Kier molecular flexibility index (Phi) is 7.89. The highest BCUT2D eigenvalue weighted by atomic mass is 16.6. The lowest BCUT2D eigenvalue weighted by atomic mass is 9.76. The molecule has 0 N–H and O–H groups in total. The maximum atomic E-state index is 12.9. The number of nitrogens with zero attached hydrogens (tertiary/aromatic N) is 1. The normalized spacial score (nSPS) is 17.9. The van der Waals surface area contributed by atoms with Gasteiger partial charge in [-0.1, -0.05) is 74.0 Å². The Morgan fingerprint density at radius 2 is 1.44 bits per heavy atom. The number of hydrogen-bond acceptors (Lipinski definition) is 3. The van der Waals surface area contributed by atoms with Crippen molar-refractivity contribution in [1.29, 1.82) is 0 Å². The van der Waals surface area contributed by atoms with Crippen LogP contribution in [-0.4, -0.2) is 10.7 Å². The second-order valence-electron chi connectivity index (χ2n) is 9.57. The third kappa shape index (κ3) is 5.99. The predicted octanol–water partition coefficient (Wildman–Crippen LogP) is 8.15. The van der Waals surface area contributed by atoms with Crippen LogP contribution in [0.1, 0.15) is 79.3 Å². The van der Waals surface area contributed by atoms with E-state index in [1.54, 1.807) is 12.1 Å². The first kappa shape index (κ1) is 23.9. The van der Waals surface area contributed by atoms with Crippen molar-refractivity contribution in [3.63, 3.8) is 0 Å². The summed E-state index contributed by atoms with van der Waals surface area (Å²) in [6.45, 7) is 2.21. The summed E-state index contributed by atoms with van der Waals surface area (Å²) in [6.07, 6.45) is 8.25. The van der Waals surface area contributed by atoms with Crippen LogP contribution in [0.5, 0.6) is 0 Å². The number of rotatable bonds is 9. The largest absolute Gasteiger partial charge is 0.294 e. The molecule has 1 aliphatic rings. The van der Waals surface area contributed by atoms with E-state index in [2.05, 4.69) is 43.3 Å². The van der Waals surface area contributed by atoms with E-state index in [4.69, 9.17) is 0 Å². The summed E-state index contributed by atoms with van der Waals surface area (Å²) >= 11 is 0. The van der Waals surface area contributed by atoms with Crippen LogP contribution in [0.3, 0.4) is 0 Å². The number of carbonyl (C=O) groups excluding carboxylic acids is 1. The molecule has 0 aliphatic heterocycles. The van der Waals surface area contributed by atoms with Crippen LogP contribution in [0.2, 0.25) is 0 Å². The summed E-state index contributed by atoms with van der Waals surface area (Å²) in [7, 11) is 0. The highest BCUT2D eigenvalue weighted by molar-refractivity contribution is 5.96. The number of benzene rings is 3. The topological polar surface area (TPSA) is 60.2 Å². The zero-order valence-corrected chi connectivity index (χ0v) is 19.9. The van der Waals surface area contributed by atoms with Gasteiger partial charge in [0.1, 0.15) is 0 Å². The molecule has 0 bridgehead atoms. The predicted molar refractivity (Wildman–Crippen MR) is 137 cm³/mol. The maximum Gasteiger partial charge on any atom is 0.269 e. The Bertz CT molecular complexity index is 1090. The molecule has 0 aromatic heterocycles. The number of nitro benzene ring substituents is 1. The molecule has 0 spiro atoms. The first-order chi connectivity index (χ1) is 16.5. The summed E-state index contributed by atoms with van der Waals surface area (Å²) in [5.41, 5.74) is 5.80. The minimum atomic E-state index is -0.358. The lowest BCUT2D eigenvalue weighted by Crippen LogP contribution is -2.16. The third-order valence-electron chi connectivity index (χ3n) is 7.21. The van der Waals surface area contributed by atoms with E-state index in [0.29, 0.717) is 18.3 Å². The van der Waals surface area contributed by atoms with E-state index in [1.807, 2.05) is 24.3 Å². The number of hydrogen-bond donors (Lipinski definition) is 0. The van der Waals surface area contributed by atoms with Gasteiger partial charge in [-0.05, 0) is 72.6 Å². The molecule has 0 heterocycles. The van der Waals surface area contributed by atoms with Gasteiger partial charge in [0.25, 0.3) is 5.69 Å². The van der Waals surface area contributed by atoms with Gasteiger partial charge in [-0.25, -0.2) is 0 Å². The molecule has 3 aromatic carbocycles. The smallest absolute Gasteiger partial charge is 0.269 e. The van der Waals surface area contributed by atoms with Crippen molar-refractivity contribution in [3.05, 3.63) is 99.6 Å². The molecule has 0 radical (unpaired) electrons. The minimum Gasteiger partial charge on any atom is -0.294 e.